The van der Waals surface area contributed by atoms with Crippen LogP contribution in [0.4, 0.5) is 0 Å². The fourth-order valence-electron chi connectivity index (χ4n) is 3.24. The van der Waals surface area contributed by atoms with Crippen molar-refractivity contribution >= 4 is 17.5 Å². The van der Waals surface area contributed by atoms with Gasteiger partial charge in [-0.05, 0) is 37.3 Å². The van der Waals surface area contributed by atoms with Gasteiger partial charge in [0.15, 0.2) is 6.54 Å². The lowest BCUT2D eigenvalue weighted by molar-refractivity contribution is -0.682. The van der Waals surface area contributed by atoms with E-state index in [9.17, 15) is 4.79 Å². The minimum atomic E-state index is 0.145. The van der Waals surface area contributed by atoms with Gasteiger partial charge in [-0.2, -0.15) is 0 Å². The first-order valence-corrected chi connectivity index (χ1v) is 8.73. The summed E-state index contributed by atoms with van der Waals surface area (Å²) in [6, 6.07) is 8.43. The highest BCUT2D eigenvalue weighted by molar-refractivity contribution is 6.30. The number of carbonyl (C=O) groups excluding carboxylic acids is 1. The first kappa shape index (κ1) is 17.3. The molecule has 0 heterocycles. The topological polar surface area (TPSA) is 45.7 Å². The molecule has 2 rings (SSSR count). The van der Waals surface area contributed by atoms with Crippen LogP contribution in [0.25, 0.3) is 0 Å². The third-order valence-electron chi connectivity index (χ3n) is 5.11. The van der Waals surface area contributed by atoms with Crippen LogP contribution < -0.4 is 10.6 Å². The van der Waals surface area contributed by atoms with E-state index in [1.54, 1.807) is 0 Å². The lowest BCUT2D eigenvalue weighted by Gasteiger charge is -2.34. The van der Waals surface area contributed by atoms with Gasteiger partial charge in [-0.15, -0.1) is 0 Å². The lowest BCUT2D eigenvalue weighted by atomic mass is 9.78. The summed E-state index contributed by atoms with van der Waals surface area (Å²) in [6.45, 7) is 7.13. The summed E-state index contributed by atoms with van der Waals surface area (Å²) in [5, 5.41) is 6.05. The zero-order chi connectivity index (χ0) is 16.1. The molecule has 0 spiro atoms. The molecule has 0 aliphatic heterocycles. The Labute approximate surface area is 138 Å². The van der Waals surface area contributed by atoms with E-state index in [0.29, 0.717) is 24.4 Å². The molecule has 0 bridgehead atoms. The molecule has 3 nitrogen and oxygen atoms in total. The largest absolute Gasteiger partial charge is 0.348 e. The summed E-state index contributed by atoms with van der Waals surface area (Å²) < 4.78 is 0. The maximum atomic E-state index is 12.2. The molecule has 3 N–H and O–H groups in total. The lowest BCUT2D eigenvalue weighted by Crippen LogP contribution is -2.87. The van der Waals surface area contributed by atoms with Gasteiger partial charge in [-0.3, -0.25) is 4.79 Å². The van der Waals surface area contributed by atoms with E-state index in [1.807, 2.05) is 24.3 Å². The van der Waals surface area contributed by atoms with Crippen molar-refractivity contribution in [3.63, 3.8) is 0 Å². The molecule has 4 atom stereocenters. The van der Waals surface area contributed by atoms with Crippen LogP contribution >= 0.6 is 11.6 Å². The van der Waals surface area contributed by atoms with Crippen LogP contribution in [0.3, 0.4) is 0 Å². The van der Waals surface area contributed by atoms with Crippen molar-refractivity contribution in [3.05, 3.63) is 34.9 Å². The number of nitrogens with two attached hydrogens (primary N) is 1. The predicted octanol–water partition coefficient (Wildman–Crippen LogP) is 2.91. The monoisotopic (exact) mass is 323 g/mol. The molecule has 0 aromatic heterocycles. The molecule has 1 fully saturated rings. The standard InChI is InChI=1S/C18H27ClN2O/c1-12-5-4-6-17(13(12)2)21-18(22)11-20-14(3)15-7-9-16(19)10-8-15/h7-10,12-14,17,20H,4-6,11H2,1-3H3,(H,21,22)/p+1/t12-,13-,14+,17+/m1/s1. The number of nitrogens with one attached hydrogen (secondary N) is 1. The number of quaternary nitrogens is 1. The molecular formula is C18H28ClN2O+. The van der Waals surface area contributed by atoms with Crippen molar-refractivity contribution in [1.29, 1.82) is 0 Å². The number of halogens is 1. The van der Waals surface area contributed by atoms with E-state index >= 15 is 0 Å². The van der Waals surface area contributed by atoms with Crippen LogP contribution in [0.1, 0.15) is 51.6 Å². The Bertz CT molecular complexity index is 488. The van der Waals surface area contributed by atoms with Crippen molar-refractivity contribution in [2.75, 3.05) is 6.54 Å². The summed E-state index contributed by atoms with van der Waals surface area (Å²) in [7, 11) is 0. The second-order valence-corrected chi connectivity index (χ2v) is 7.16. The molecule has 1 aliphatic rings. The van der Waals surface area contributed by atoms with E-state index in [1.165, 1.54) is 18.4 Å². The quantitative estimate of drug-likeness (QED) is 0.860. The zero-order valence-corrected chi connectivity index (χ0v) is 14.6. The molecule has 1 amide bonds. The molecule has 0 saturated heterocycles. The van der Waals surface area contributed by atoms with Crippen LogP contribution in [0.5, 0.6) is 0 Å². The van der Waals surface area contributed by atoms with Crippen molar-refractivity contribution < 1.29 is 10.1 Å². The summed E-state index contributed by atoms with van der Waals surface area (Å²) in [6.07, 6.45) is 3.62. The summed E-state index contributed by atoms with van der Waals surface area (Å²) >= 11 is 5.90. The number of benzene rings is 1. The Morgan fingerprint density at radius 3 is 2.68 bits per heavy atom. The van der Waals surface area contributed by atoms with Crippen molar-refractivity contribution in [2.45, 2.75) is 52.1 Å². The smallest absolute Gasteiger partial charge is 0.275 e. The molecule has 122 valence electrons. The minimum Gasteiger partial charge on any atom is -0.348 e. The van der Waals surface area contributed by atoms with Crippen molar-refractivity contribution in [1.82, 2.24) is 5.32 Å². The van der Waals surface area contributed by atoms with Crippen LogP contribution in [0, 0.1) is 11.8 Å². The molecule has 1 aliphatic carbocycles. The van der Waals surface area contributed by atoms with Crippen LogP contribution in [-0.4, -0.2) is 18.5 Å². The number of hydrogen-bond acceptors (Lipinski definition) is 1. The van der Waals surface area contributed by atoms with Gasteiger partial charge in [-0.1, -0.05) is 50.4 Å². The maximum Gasteiger partial charge on any atom is 0.275 e. The van der Waals surface area contributed by atoms with E-state index in [0.717, 1.165) is 11.4 Å². The summed E-state index contributed by atoms with van der Waals surface area (Å²) in [5.41, 5.74) is 1.19. The normalized spacial score (nSPS) is 26.5. The summed E-state index contributed by atoms with van der Waals surface area (Å²) in [4.78, 5) is 12.2. The SMILES string of the molecule is C[C@@H]1[C@H](C)CCC[C@@H]1NC(=O)C[NH2+][C@@H](C)c1ccc(Cl)cc1. The Hall–Kier alpha value is -1.06. The zero-order valence-electron chi connectivity index (χ0n) is 13.8. The predicted molar refractivity (Wildman–Crippen MR) is 90.8 cm³/mol. The molecule has 0 unspecified atom stereocenters. The van der Waals surface area contributed by atoms with Gasteiger partial charge in [0, 0.05) is 16.6 Å². The van der Waals surface area contributed by atoms with E-state index in [-0.39, 0.29) is 11.9 Å². The highest BCUT2D eigenvalue weighted by atomic mass is 35.5. The van der Waals surface area contributed by atoms with Crippen molar-refractivity contribution in [2.24, 2.45) is 11.8 Å². The first-order chi connectivity index (χ1) is 10.5. The second-order valence-electron chi connectivity index (χ2n) is 6.72. The van der Waals surface area contributed by atoms with Crippen LogP contribution in [-0.2, 0) is 4.79 Å². The molecule has 0 radical (unpaired) electrons. The highest BCUT2D eigenvalue weighted by Crippen LogP contribution is 2.29. The molecule has 1 saturated carbocycles. The van der Waals surface area contributed by atoms with E-state index in [4.69, 9.17) is 11.6 Å². The third-order valence-corrected chi connectivity index (χ3v) is 5.36. The van der Waals surface area contributed by atoms with Gasteiger partial charge in [0.25, 0.3) is 5.91 Å². The Kier molecular flexibility index (Phi) is 6.27. The number of hydrogen-bond donors (Lipinski definition) is 2. The van der Waals surface area contributed by atoms with E-state index in [2.05, 4.69) is 31.4 Å². The fraction of sp³-hybridized carbons (Fsp3) is 0.611. The van der Waals surface area contributed by atoms with Crippen LogP contribution in [0.2, 0.25) is 5.02 Å². The molecule has 22 heavy (non-hydrogen) atoms. The van der Waals surface area contributed by atoms with Gasteiger partial charge in [-0.25, -0.2) is 0 Å². The fourth-order valence-corrected chi connectivity index (χ4v) is 3.36. The summed E-state index contributed by atoms with van der Waals surface area (Å²) in [5.74, 6) is 1.43. The maximum absolute atomic E-state index is 12.2. The minimum absolute atomic E-state index is 0.145. The molecule has 1 aromatic rings. The first-order valence-electron chi connectivity index (χ1n) is 8.35. The third kappa shape index (κ3) is 4.72. The van der Waals surface area contributed by atoms with Crippen LogP contribution in [0.15, 0.2) is 24.3 Å². The Morgan fingerprint density at radius 2 is 2.00 bits per heavy atom. The van der Waals surface area contributed by atoms with Gasteiger partial charge >= 0.3 is 0 Å². The van der Waals surface area contributed by atoms with E-state index < -0.39 is 0 Å². The number of rotatable bonds is 5. The van der Waals surface area contributed by atoms with Crippen molar-refractivity contribution in [3.8, 4) is 0 Å². The molecule has 1 aromatic carbocycles. The average Bonchev–Trinajstić information content (AvgIpc) is 2.50. The van der Waals surface area contributed by atoms with Gasteiger partial charge in [0.05, 0.1) is 0 Å². The number of carbonyl (C=O) groups is 1. The molecular weight excluding hydrogens is 296 g/mol. The van der Waals surface area contributed by atoms with Gasteiger partial charge in [0.2, 0.25) is 0 Å². The second kappa shape index (κ2) is 7.98. The Balaban J connectivity index is 1.78. The van der Waals surface area contributed by atoms with Gasteiger partial charge in [0.1, 0.15) is 6.04 Å². The Morgan fingerprint density at radius 1 is 1.32 bits per heavy atom. The highest BCUT2D eigenvalue weighted by Gasteiger charge is 2.28. The number of amides is 1. The van der Waals surface area contributed by atoms with Gasteiger partial charge < -0.3 is 10.6 Å². The average molecular weight is 324 g/mol. The molecule has 4 heteroatoms.